The number of nitrogens with one attached hydrogen (secondary N) is 1. The van der Waals surface area contributed by atoms with E-state index in [2.05, 4.69) is 32.6 Å². The highest BCUT2D eigenvalue weighted by Crippen LogP contribution is 2.29. The fraction of sp³-hybridized carbons (Fsp3) is 0.714. The third-order valence-electron chi connectivity index (χ3n) is 3.86. The van der Waals surface area contributed by atoms with Crippen LogP contribution in [0.15, 0.2) is 15.5 Å². The number of ether oxygens (including phenoxy) is 1. The molecule has 0 atom stereocenters. The van der Waals surface area contributed by atoms with E-state index in [1.807, 2.05) is 11.8 Å². The molecule has 1 aliphatic carbocycles. The minimum atomic E-state index is -0.116. The molecule has 1 aliphatic rings. The summed E-state index contributed by atoms with van der Waals surface area (Å²) in [5, 5.41) is 8.44. The van der Waals surface area contributed by atoms with Crippen molar-refractivity contribution in [2.24, 2.45) is 0 Å². The summed E-state index contributed by atoms with van der Waals surface area (Å²) in [7, 11) is 1.61. The molecule has 5 nitrogen and oxygen atoms in total. The summed E-state index contributed by atoms with van der Waals surface area (Å²) < 4.78 is 6.96. The number of aromatic nitrogens is 2. The molecule has 0 radical (unpaired) electrons. The number of rotatable bonds is 6. The quantitative estimate of drug-likeness (QED) is 0.828. The van der Waals surface area contributed by atoms with Gasteiger partial charge in [-0.3, -0.25) is 4.79 Å². The molecule has 0 bridgehead atoms. The van der Waals surface area contributed by atoms with Crippen molar-refractivity contribution in [1.82, 2.24) is 9.78 Å². The molecule has 21 heavy (non-hydrogen) atoms. The van der Waals surface area contributed by atoms with E-state index in [4.69, 9.17) is 4.74 Å². The Morgan fingerprint density at radius 1 is 1.48 bits per heavy atom. The summed E-state index contributed by atoms with van der Waals surface area (Å²) in [6, 6.07) is 0.431. The zero-order chi connectivity index (χ0) is 15.2. The van der Waals surface area contributed by atoms with Crippen LogP contribution in [0.5, 0.6) is 0 Å². The molecule has 0 saturated heterocycles. The molecule has 0 unspecified atom stereocenters. The van der Waals surface area contributed by atoms with E-state index in [1.54, 1.807) is 13.3 Å². The van der Waals surface area contributed by atoms with Gasteiger partial charge >= 0.3 is 0 Å². The van der Waals surface area contributed by atoms with Crippen LogP contribution in [0.2, 0.25) is 0 Å². The number of methoxy groups -OCH3 is 1. The van der Waals surface area contributed by atoms with Crippen LogP contribution in [0.1, 0.15) is 25.7 Å². The van der Waals surface area contributed by atoms with E-state index in [1.165, 1.54) is 17.5 Å². The lowest BCUT2D eigenvalue weighted by molar-refractivity contribution is 0.181. The van der Waals surface area contributed by atoms with E-state index in [-0.39, 0.29) is 5.56 Å². The van der Waals surface area contributed by atoms with Crippen LogP contribution < -0.4 is 10.9 Å². The summed E-state index contributed by atoms with van der Waals surface area (Å²) in [6.45, 7) is 0.942. The van der Waals surface area contributed by atoms with Crippen molar-refractivity contribution in [2.75, 3.05) is 25.3 Å². The third kappa shape index (κ3) is 4.47. The largest absolute Gasteiger partial charge is 0.383 e. The molecule has 7 heteroatoms. The number of halogens is 1. The van der Waals surface area contributed by atoms with Crippen molar-refractivity contribution in [3.8, 4) is 0 Å². The lowest BCUT2D eigenvalue weighted by atomic mass is 9.95. The Labute approximate surface area is 138 Å². The maximum atomic E-state index is 12.2. The molecule has 1 aromatic rings. The van der Waals surface area contributed by atoms with Crippen LogP contribution in [-0.4, -0.2) is 41.0 Å². The van der Waals surface area contributed by atoms with Gasteiger partial charge in [0.1, 0.15) is 4.47 Å². The van der Waals surface area contributed by atoms with E-state index in [9.17, 15) is 4.79 Å². The predicted molar refractivity (Wildman–Crippen MR) is 91.3 cm³/mol. The van der Waals surface area contributed by atoms with Crippen LogP contribution >= 0.6 is 27.7 Å². The Bertz CT molecular complexity index is 515. The van der Waals surface area contributed by atoms with Crippen molar-refractivity contribution < 1.29 is 4.74 Å². The summed E-state index contributed by atoms with van der Waals surface area (Å²) in [5.41, 5.74) is 0.677. The molecular weight excluding hydrogens is 354 g/mol. The van der Waals surface area contributed by atoms with Crippen LogP contribution in [0, 0.1) is 0 Å². The van der Waals surface area contributed by atoms with Gasteiger partial charge in [-0.25, -0.2) is 4.68 Å². The lowest BCUT2D eigenvalue weighted by Gasteiger charge is -2.28. The topological polar surface area (TPSA) is 56.1 Å². The molecule has 1 saturated carbocycles. The van der Waals surface area contributed by atoms with Crippen molar-refractivity contribution in [1.29, 1.82) is 0 Å². The maximum absolute atomic E-state index is 12.2. The van der Waals surface area contributed by atoms with Crippen LogP contribution in [0.4, 0.5) is 5.69 Å². The molecule has 0 spiro atoms. The predicted octanol–water partition coefficient (Wildman–Crippen LogP) is 2.74. The van der Waals surface area contributed by atoms with Crippen LogP contribution in [0.25, 0.3) is 0 Å². The first-order valence-electron chi connectivity index (χ1n) is 7.19. The van der Waals surface area contributed by atoms with Gasteiger partial charge in [0, 0.05) is 18.4 Å². The Kier molecular flexibility index (Phi) is 6.57. The lowest BCUT2D eigenvalue weighted by Crippen LogP contribution is -2.30. The van der Waals surface area contributed by atoms with Crippen molar-refractivity contribution >= 4 is 33.4 Å². The van der Waals surface area contributed by atoms with Gasteiger partial charge in [0.2, 0.25) is 0 Å². The fourth-order valence-electron chi connectivity index (χ4n) is 2.57. The molecule has 2 rings (SSSR count). The number of nitrogens with zero attached hydrogens (tertiary/aromatic N) is 2. The average molecular weight is 376 g/mol. The number of hydrogen-bond donors (Lipinski definition) is 1. The average Bonchev–Trinajstić information content (AvgIpc) is 2.52. The number of anilines is 1. The first-order chi connectivity index (χ1) is 10.2. The highest BCUT2D eigenvalue weighted by Gasteiger charge is 2.21. The molecule has 1 aromatic heterocycles. The molecule has 0 aliphatic heterocycles. The summed E-state index contributed by atoms with van der Waals surface area (Å²) in [4.78, 5) is 12.2. The van der Waals surface area contributed by atoms with Gasteiger partial charge in [-0.1, -0.05) is 0 Å². The van der Waals surface area contributed by atoms with Gasteiger partial charge in [0.15, 0.2) is 0 Å². The minimum Gasteiger partial charge on any atom is -0.383 e. The highest BCUT2D eigenvalue weighted by atomic mass is 79.9. The van der Waals surface area contributed by atoms with Gasteiger partial charge in [0.05, 0.1) is 25.0 Å². The highest BCUT2D eigenvalue weighted by molar-refractivity contribution is 9.10. The number of thioether (sulfide) groups is 1. The van der Waals surface area contributed by atoms with Crippen LogP contribution in [-0.2, 0) is 11.3 Å². The Morgan fingerprint density at radius 3 is 2.81 bits per heavy atom. The number of hydrogen-bond acceptors (Lipinski definition) is 5. The summed E-state index contributed by atoms with van der Waals surface area (Å²) in [6.07, 6.45) is 8.65. The SMILES string of the molecule is COCCn1ncc(NC2CCC(SC)CC2)c(Br)c1=O. The Hall–Kier alpha value is -0.530. The second-order valence-corrected chi connectivity index (χ2v) is 7.18. The van der Waals surface area contributed by atoms with Gasteiger partial charge in [-0.2, -0.15) is 16.9 Å². The first-order valence-corrected chi connectivity index (χ1v) is 9.27. The van der Waals surface area contributed by atoms with Gasteiger partial charge in [-0.15, -0.1) is 0 Å². The monoisotopic (exact) mass is 375 g/mol. The molecular formula is C14H22BrN3O2S. The van der Waals surface area contributed by atoms with Crippen molar-refractivity contribution in [3.05, 3.63) is 21.0 Å². The fourth-order valence-corrected chi connectivity index (χ4v) is 3.73. The molecule has 0 aromatic carbocycles. The van der Waals surface area contributed by atoms with E-state index in [0.29, 0.717) is 23.7 Å². The normalized spacial score (nSPS) is 22.2. The summed E-state index contributed by atoms with van der Waals surface area (Å²) in [5.74, 6) is 0. The van der Waals surface area contributed by atoms with Crippen molar-refractivity contribution in [2.45, 2.75) is 43.5 Å². The molecule has 118 valence electrons. The summed E-state index contributed by atoms with van der Waals surface area (Å²) >= 11 is 5.35. The van der Waals surface area contributed by atoms with E-state index < -0.39 is 0 Å². The second-order valence-electron chi connectivity index (χ2n) is 5.25. The smallest absolute Gasteiger partial charge is 0.283 e. The third-order valence-corrected chi connectivity index (χ3v) is 5.76. The second kappa shape index (κ2) is 8.19. The van der Waals surface area contributed by atoms with E-state index in [0.717, 1.165) is 23.8 Å². The van der Waals surface area contributed by atoms with Gasteiger partial charge < -0.3 is 10.1 Å². The zero-order valence-electron chi connectivity index (χ0n) is 12.5. The first kappa shape index (κ1) is 16.8. The van der Waals surface area contributed by atoms with Gasteiger partial charge in [-0.05, 0) is 47.9 Å². The maximum Gasteiger partial charge on any atom is 0.283 e. The molecule has 1 fully saturated rings. The molecule has 1 heterocycles. The van der Waals surface area contributed by atoms with Crippen molar-refractivity contribution in [3.63, 3.8) is 0 Å². The standard InChI is InChI=1S/C14H22BrN3O2S/c1-20-8-7-18-14(19)13(15)12(9-16-18)17-10-3-5-11(21-2)6-4-10/h9-11,17H,3-8H2,1-2H3. The zero-order valence-corrected chi connectivity index (χ0v) is 14.9. The van der Waals surface area contributed by atoms with Gasteiger partial charge in [0.25, 0.3) is 5.56 Å². The molecule has 1 N–H and O–H groups in total. The van der Waals surface area contributed by atoms with Crippen LogP contribution in [0.3, 0.4) is 0 Å². The Balaban J connectivity index is 2.01. The Morgan fingerprint density at radius 2 is 2.19 bits per heavy atom. The molecule has 0 amide bonds. The minimum absolute atomic E-state index is 0.116. The van der Waals surface area contributed by atoms with E-state index >= 15 is 0 Å².